The van der Waals surface area contributed by atoms with Crippen LogP contribution in [0, 0.1) is 12.8 Å². The van der Waals surface area contributed by atoms with Crippen LogP contribution in [0.3, 0.4) is 0 Å². The average Bonchev–Trinajstić information content (AvgIpc) is 2.67. The zero-order valence-corrected chi connectivity index (χ0v) is 17.4. The second-order valence-electron chi connectivity index (χ2n) is 8.66. The molecule has 1 saturated carbocycles. The molecule has 2 bridgehead atoms. The van der Waals surface area contributed by atoms with Crippen molar-refractivity contribution in [3.63, 3.8) is 0 Å². The van der Waals surface area contributed by atoms with E-state index >= 15 is 0 Å². The number of hydrogen-bond acceptors (Lipinski definition) is 3. The van der Waals surface area contributed by atoms with Crippen molar-refractivity contribution in [2.75, 3.05) is 31.3 Å². The molecule has 1 unspecified atom stereocenters. The summed E-state index contributed by atoms with van der Waals surface area (Å²) in [5.41, 5.74) is 4.97. The SMILES string of the molecule is Cc1ccc(NC(=O)C2c3ccccc3C3CC2C3)cc1NC(=O)CCN(C)C. The molecule has 1 atom stereocenters. The van der Waals surface area contributed by atoms with Crippen LogP contribution < -0.4 is 10.6 Å². The van der Waals surface area contributed by atoms with E-state index in [2.05, 4.69) is 28.8 Å². The molecule has 0 aromatic heterocycles. The molecule has 3 aliphatic carbocycles. The molecule has 1 fully saturated rings. The molecule has 2 N–H and O–H groups in total. The molecule has 2 aromatic rings. The van der Waals surface area contributed by atoms with E-state index in [-0.39, 0.29) is 17.7 Å². The molecule has 5 nitrogen and oxygen atoms in total. The van der Waals surface area contributed by atoms with Crippen LogP contribution >= 0.6 is 0 Å². The highest BCUT2D eigenvalue weighted by Gasteiger charge is 2.46. The number of amides is 2. The number of carbonyl (C=O) groups excluding carboxylic acids is 2. The lowest BCUT2D eigenvalue weighted by atomic mass is 9.57. The quantitative estimate of drug-likeness (QED) is 0.779. The van der Waals surface area contributed by atoms with Gasteiger partial charge in [-0.2, -0.15) is 0 Å². The Morgan fingerprint density at radius 2 is 1.76 bits per heavy atom. The summed E-state index contributed by atoms with van der Waals surface area (Å²) in [6, 6.07) is 14.1. The molecule has 3 aliphatic rings. The van der Waals surface area contributed by atoms with E-state index in [0.29, 0.717) is 24.8 Å². The normalized spacial score (nSPS) is 21.9. The number of benzene rings is 2. The van der Waals surface area contributed by atoms with Crippen LogP contribution in [0.5, 0.6) is 0 Å². The van der Waals surface area contributed by atoms with E-state index < -0.39 is 0 Å². The maximum atomic E-state index is 13.2. The molecule has 0 radical (unpaired) electrons. The van der Waals surface area contributed by atoms with Gasteiger partial charge in [-0.25, -0.2) is 0 Å². The summed E-state index contributed by atoms with van der Waals surface area (Å²) >= 11 is 0. The fourth-order valence-corrected chi connectivity index (χ4v) is 4.56. The topological polar surface area (TPSA) is 61.4 Å². The van der Waals surface area contributed by atoms with E-state index in [0.717, 1.165) is 29.8 Å². The van der Waals surface area contributed by atoms with E-state index in [1.165, 1.54) is 11.1 Å². The first-order chi connectivity index (χ1) is 13.9. The highest BCUT2D eigenvalue weighted by molar-refractivity contribution is 5.98. The Bertz CT molecular complexity index is 931. The zero-order valence-electron chi connectivity index (χ0n) is 17.4. The number of nitrogens with one attached hydrogen (secondary N) is 2. The third kappa shape index (κ3) is 4.06. The van der Waals surface area contributed by atoms with Gasteiger partial charge in [0.25, 0.3) is 0 Å². The summed E-state index contributed by atoms with van der Waals surface area (Å²) in [7, 11) is 3.89. The van der Waals surface area contributed by atoms with Crippen molar-refractivity contribution in [2.45, 2.75) is 38.0 Å². The van der Waals surface area contributed by atoms with E-state index in [4.69, 9.17) is 0 Å². The molecule has 29 heavy (non-hydrogen) atoms. The molecule has 152 valence electrons. The van der Waals surface area contributed by atoms with Gasteiger partial charge in [0.1, 0.15) is 0 Å². The van der Waals surface area contributed by atoms with E-state index in [1.54, 1.807) is 0 Å². The standard InChI is InChI=1S/C24H29N3O2/c1-15-8-9-18(14-21(15)26-22(28)10-11-27(2)3)25-24(29)23-17-12-16(13-17)19-6-4-5-7-20(19)23/h4-9,14,16-17,23H,10-13H2,1-3H3,(H,25,29)(H,26,28). The lowest BCUT2D eigenvalue weighted by Crippen LogP contribution is -2.40. The Morgan fingerprint density at radius 1 is 1.03 bits per heavy atom. The van der Waals surface area contributed by atoms with Crippen LogP contribution in [-0.2, 0) is 9.59 Å². The van der Waals surface area contributed by atoms with Crippen molar-refractivity contribution < 1.29 is 9.59 Å². The van der Waals surface area contributed by atoms with Gasteiger partial charge in [0.2, 0.25) is 11.8 Å². The first-order valence-electron chi connectivity index (χ1n) is 10.4. The fourth-order valence-electron chi connectivity index (χ4n) is 4.56. The minimum absolute atomic E-state index is 0.0213. The van der Waals surface area contributed by atoms with Crippen molar-refractivity contribution in [2.24, 2.45) is 5.92 Å². The van der Waals surface area contributed by atoms with Gasteiger partial charge in [0.05, 0.1) is 5.92 Å². The number of hydrogen-bond donors (Lipinski definition) is 2. The van der Waals surface area contributed by atoms with Crippen molar-refractivity contribution in [3.8, 4) is 0 Å². The predicted molar refractivity (Wildman–Crippen MR) is 116 cm³/mol. The first-order valence-corrected chi connectivity index (χ1v) is 10.4. The van der Waals surface area contributed by atoms with Crippen LogP contribution in [0.25, 0.3) is 0 Å². The molecule has 0 aliphatic heterocycles. The van der Waals surface area contributed by atoms with Crippen LogP contribution in [0.2, 0.25) is 0 Å². The largest absolute Gasteiger partial charge is 0.326 e. The van der Waals surface area contributed by atoms with Gasteiger partial charge < -0.3 is 15.5 Å². The van der Waals surface area contributed by atoms with Crippen molar-refractivity contribution in [3.05, 3.63) is 59.2 Å². The van der Waals surface area contributed by atoms with Crippen LogP contribution in [-0.4, -0.2) is 37.4 Å². The van der Waals surface area contributed by atoms with Gasteiger partial charge in [-0.15, -0.1) is 0 Å². The summed E-state index contributed by atoms with van der Waals surface area (Å²) in [6.45, 7) is 2.66. The molecule has 5 heteroatoms. The van der Waals surface area contributed by atoms with E-state index in [1.807, 2.05) is 50.2 Å². The minimum Gasteiger partial charge on any atom is -0.326 e. The highest BCUT2D eigenvalue weighted by Crippen LogP contribution is 2.55. The first kappa shape index (κ1) is 19.6. The molecule has 2 amide bonds. The average molecular weight is 392 g/mol. The van der Waals surface area contributed by atoms with Gasteiger partial charge in [-0.05, 0) is 74.5 Å². The lowest BCUT2D eigenvalue weighted by Gasteiger charge is -2.47. The molecular weight excluding hydrogens is 362 g/mol. The maximum Gasteiger partial charge on any atom is 0.232 e. The Morgan fingerprint density at radius 3 is 2.48 bits per heavy atom. The van der Waals surface area contributed by atoms with Crippen LogP contribution in [0.1, 0.15) is 47.8 Å². The van der Waals surface area contributed by atoms with Crippen molar-refractivity contribution in [1.29, 1.82) is 0 Å². The Labute approximate surface area is 172 Å². The maximum absolute atomic E-state index is 13.2. The number of rotatable bonds is 6. The van der Waals surface area contributed by atoms with Crippen molar-refractivity contribution in [1.82, 2.24) is 4.90 Å². The number of anilines is 2. The summed E-state index contributed by atoms with van der Waals surface area (Å²) in [4.78, 5) is 27.3. The summed E-state index contributed by atoms with van der Waals surface area (Å²) in [5.74, 6) is 1.01. The Balaban J connectivity index is 1.48. The predicted octanol–water partition coefficient (Wildman–Crippen LogP) is 4.11. The van der Waals surface area contributed by atoms with Crippen LogP contribution in [0.15, 0.2) is 42.5 Å². The monoisotopic (exact) mass is 391 g/mol. The summed E-state index contributed by atoms with van der Waals surface area (Å²) in [5, 5.41) is 6.07. The second kappa shape index (κ2) is 7.99. The highest BCUT2D eigenvalue weighted by atomic mass is 16.2. The molecule has 0 spiro atoms. The molecule has 5 rings (SSSR count). The third-order valence-corrected chi connectivity index (χ3v) is 6.26. The summed E-state index contributed by atoms with van der Waals surface area (Å²) in [6.07, 6.45) is 2.65. The van der Waals surface area contributed by atoms with Gasteiger partial charge in [0, 0.05) is 24.3 Å². The van der Waals surface area contributed by atoms with Gasteiger partial charge in [-0.3, -0.25) is 9.59 Å². The third-order valence-electron chi connectivity index (χ3n) is 6.26. The number of nitrogens with zero attached hydrogens (tertiary/aromatic N) is 1. The fraction of sp³-hybridized carbons (Fsp3) is 0.417. The zero-order chi connectivity index (χ0) is 20.5. The molecule has 2 aromatic carbocycles. The molecular formula is C24H29N3O2. The van der Waals surface area contributed by atoms with E-state index in [9.17, 15) is 9.59 Å². The molecule has 0 heterocycles. The van der Waals surface area contributed by atoms with Crippen molar-refractivity contribution >= 4 is 23.2 Å². The smallest absolute Gasteiger partial charge is 0.232 e. The second-order valence-corrected chi connectivity index (χ2v) is 8.66. The Hall–Kier alpha value is -2.66. The summed E-state index contributed by atoms with van der Waals surface area (Å²) < 4.78 is 0. The minimum atomic E-state index is -0.0874. The Kier molecular flexibility index (Phi) is 5.41. The van der Waals surface area contributed by atoms with Crippen LogP contribution in [0.4, 0.5) is 11.4 Å². The van der Waals surface area contributed by atoms with Gasteiger partial charge in [0.15, 0.2) is 0 Å². The van der Waals surface area contributed by atoms with Gasteiger partial charge >= 0.3 is 0 Å². The number of carbonyl (C=O) groups is 2. The van der Waals surface area contributed by atoms with Gasteiger partial charge in [-0.1, -0.05) is 30.3 Å². The number of aryl methyl sites for hydroxylation is 1. The molecule has 0 saturated heterocycles. The lowest BCUT2D eigenvalue weighted by molar-refractivity contribution is -0.120.